The molecule has 0 unspecified atom stereocenters. The molecule has 9 heteroatoms. The average Bonchev–Trinajstić information content (AvgIpc) is 3.67. The zero-order valence-corrected chi connectivity index (χ0v) is 25.7. The summed E-state index contributed by atoms with van der Waals surface area (Å²) in [6.45, 7) is 1.69. The van der Waals surface area contributed by atoms with E-state index in [-0.39, 0.29) is 33.7 Å². The maximum atomic E-state index is 13.5. The molecule has 43 heavy (non-hydrogen) atoms. The fraction of sp³-hybridized carbons (Fsp3) is 0.324. The van der Waals surface area contributed by atoms with E-state index in [4.69, 9.17) is 4.74 Å². The molecule has 0 saturated carbocycles. The van der Waals surface area contributed by atoms with Crippen molar-refractivity contribution in [1.82, 2.24) is 10.6 Å². The van der Waals surface area contributed by atoms with Gasteiger partial charge in [-0.1, -0.05) is 78.9 Å². The Bertz CT molecular complexity index is 1510. The highest BCUT2D eigenvalue weighted by Gasteiger charge is 2.31. The van der Waals surface area contributed by atoms with Crippen molar-refractivity contribution in [3.63, 3.8) is 0 Å². The number of carbonyl (C=O) groups is 3. The van der Waals surface area contributed by atoms with E-state index in [1.54, 1.807) is 6.92 Å². The van der Waals surface area contributed by atoms with Crippen LogP contribution in [0.15, 0.2) is 78.9 Å². The first kappa shape index (κ1) is 30.6. The molecule has 0 radical (unpaired) electrons. The fourth-order valence-electron chi connectivity index (χ4n) is 5.51. The lowest BCUT2D eigenvalue weighted by atomic mass is 9.98. The number of alkyl carbamates (subject to hydrolysis) is 1. The van der Waals surface area contributed by atoms with Gasteiger partial charge < -0.3 is 15.4 Å². The van der Waals surface area contributed by atoms with Crippen molar-refractivity contribution in [2.75, 3.05) is 23.9 Å². The minimum absolute atomic E-state index is 0.0951. The quantitative estimate of drug-likeness (QED) is 0.270. The summed E-state index contributed by atoms with van der Waals surface area (Å²) >= 11 is 1.52. The van der Waals surface area contributed by atoms with Crippen molar-refractivity contribution in [2.45, 2.75) is 43.5 Å². The molecule has 0 spiro atoms. The number of hydrogen-bond donors (Lipinski definition) is 2. The Morgan fingerprint density at radius 2 is 1.53 bits per heavy atom. The summed E-state index contributed by atoms with van der Waals surface area (Å²) in [5.74, 6) is 1.75. The third kappa shape index (κ3) is 7.38. The van der Waals surface area contributed by atoms with Crippen LogP contribution >= 0.6 is 22.2 Å². The maximum absolute atomic E-state index is 13.5. The molecule has 222 valence electrons. The van der Waals surface area contributed by atoms with Gasteiger partial charge in [0.05, 0.1) is 0 Å². The van der Waals surface area contributed by atoms with Crippen molar-refractivity contribution in [3.05, 3.63) is 95.6 Å². The Labute approximate surface area is 259 Å². The van der Waals surface area contributed by atoms with E-state index in [1.807, 2.05) is 66.7 Å². The molecule has 1 saturated heterocycles. The number of ketones is 1. The standard InChI is InChI=1S/C34H35N3O4S2/c1-23(36-34(40)41-20-29-27-15-7-5-13-25(27)26-14-6-8-16-28(26)29)33(39)37-30(22-42-21-24-11-3-2-4-12-24)32(38)31(19-35)43-17-9-10-18-43/h2-8,11-16,23,29-30H,9-10,17-18,20-22H2,1H3,(H,36,40)(H,37,39)/t23-,30-/m0/s1. The van der Waals surface area contributed by atoms with Crippen LogP contribution in [0.1, 0.15) is 42.4 Å². The van der Waals surface area contributed by atoms with Crippen LogP contribution in [0.5, 0.6) is 0 Å². The van der Waals surface area contributed by atoms with Crippen molar-refractivity contribution in [3.8, 4) is 17.2 Å². The zero-order valence-electron chi connectivity index (χ0n) is 24.1. The molecule has 1 fully saturated rings. The van der Waals surface area contributed by atoms with E-state index in [9.17, 15) is 19.6 Å². The maximum Gasteiger partial charge on any atom is 0.407 e. The fourth-order valence-corrected chi connectivity index (χ4v) is 8.80. The number of Topliss-reactive ketones (excluding diaryl/α,β-unsaturated/α-hetero) is 1. The van der Waals surface area contributed by atoms with Crippen molar-refractivity contribution in [2.24, 2.45) is 0 Å². The monoisotopic (exact) mass is 613 g/mol. The third-order valence-corrected chi connectivity index (χ3v) is 11.3. The summed E-state index contributed by atoms with van der Waals surface area (Å²) in [6.07, 6.45) is 1.30. The molecule has 1 aliphatic carbocycles. The predicted octanol–water partition coefficient (Wildman–Crippen LogP) is 5.66. The molecular weight excluding hydrogens is 579 g/mol. The van der Waals surface area contributed by atoms with Gasteiger partial charge in [0.2, 0.25) is 11.7 Å². The molecule has 3 aromatic carbocycles. The molecule has 2 amide bonds. The summed E-state index contributed by atoms with van der Waals surface area (Å²) < 4.78 is 5.60. The number of thioether (sulfide) groups is 1. The highest BCUT2D eigenvalue weighted by Crippen LogP contribution is 2.44. The summed E-state index contributed by atoms with van der Waals surface area (Å²) in [4.78, 5) is 39.8. The largest absolute Gasteiger partial charge is 0.449 e. The van der Waals surface area contributed by atoms with Gasteiger partial charge in [-0.05, 0) is 59.1 Å². The number of rotatable bonds is 11. The SMILES string of the molecule is C[C@H](NC(=O)OCC1c2ccccc2-c2ccccc21)C(=O)N[C@@H](CSCc1ccccc1)C(=O)C(C#N)=S1CCCC1. The number of fused-ring (bicyclic) bond motifs is 3. The number of amides is 2. The molecule has 5 rings (SSSR count). The molecule has 1 heterocycles. The van der Waals surface area contributed by atoms with Crippen molar-refractivity contribution >= 4 is 44.9 Å². The van der Waals surface area contributed by atoms with E-state index in [0.717, 1.165) is 52.2 Å². The second-order valence-corrected chi connectivity index (χ2v) is 13.9. The summed E-state index contributed by atoms with van der Waals surface area (Å²) in [5, 5.41) is 15.3. The molecule has 2 atom stereocenters. The smallest absolute Gasteiger partial charge is 0.407 e. The van der Waals surface area contributed by atoms with Crippen LogP contribution in [0, 0.1) is 11.3 Å². The zero-order chi connectivity index (χ0) is 30.2. The van der Waals surface area contributed by atoms with Crippen LogP contribution in [0.2, 0.25) is 0 Å². The molecule has 2 aliphatic rings. The topological polar surface area (TPSA) is 108 Å². The lowest BCUT2D eigenvalue weighted by Gasteiger charge is -2.21. The van der Waals surface area contributed by atoms with Crippen molar-refractivity contribution < 1.29 is 19.1 Å². The van der Waals surface area contributed by atoms with Gasteiger partial charge in [0.25, 0.3) is 0 Å². The first-order chi connectivity index (χ1) is 21.0. The molecule has 0 bridgehead atoms. The minimum atomic E-state index is -0.940. The highest BCUT2D eigenvalue weighted by atomic mass is 32.2. The van der Waals surface area contributed by atoms with Crippen molar-refractivity contribution in [1.29, 1.82) is 5.26 Å². The van der Waals surface area contributed by atoms with Gasteiger partial charge in [-0.15, -0.1) is 0 Å². The van der Waals surface area contributed by atoms with Crippen LogP contribution in [0.3, 0.4) is 0 Å². The minimum Gasteiger partial charge on any atom is -0.449 e. The molecule has 7 nitrogen and oxygen atoms in total. The van der Waals surface area contributed by atoms with Gasteiger partial charge in [-0.2, -0.15) is 27.5 Å². The van der Waals surface area contributed by atoms with Gasteiger partial charge in [0, 0.05) is 17.4 Å². The molecule has 2 N–H and O–H groups in total. The summed E-state index contributed by atoms with van der Waals surface area (Å²) in [5.41, 5.74) is 5.57. The molecule has 1 aliphatic heterocycles. The second kappa shape index (κ2) is 14.5. The van der Waals surface area contributed by atoms with E-state index < -0.39 is 24.1 Å². The number of carbonyl (C=O) groups excluding carboxylic acids is 3. The summed E-state index contributed by atoms with van der Waals surface area (Å²) in [6, 6.07) is 26.4. The first-order valence-electron chi connectivity index (χ1n) is 14.5. The van der Waals surface area contributed by atoms with Gasteiger partial charge in [0.1, 0.15) is 29.6 Å². The third-order valence-electron chi connectivity index (χ3n) is 7.75. The van der Waals surface area contributed by atoms with Gasteiger partial charge >= 0.3 is 6.09 Å². The Kier molecular flexibility index (Phi) is 10.3. The van der Waals surface area contributed by atoms with Gasteiger partial charge in [0.15, 0.2) is 0 Å². The van der Waals surface area contributed by atoms with E-state index in [1.165, 1.54) is 11.8 Å². The lowest BCUT2D eigenvalue weighted by molar-refractivity contribution is -0.126. The molecule has 0 aromatic heterocycles. The Morgan fingerprint density at radius 1 is 0.930 bits per heavy atom. The Balaban J connectivity index is 1.20. The normalized spacial score (nSPS) is 15.4. The van der Waals surface area contributed by atoms with Crippen LogP contribution in [0.4, 0.5) is 4.79 Å². The first-order valence-corrected chi connectivity index (χ1v) is 17.2. The Hall–Kier alpha value is -3.87. The second-order valence-electron chi connectivity index (χ2n) is 10.7. The average molecular weight is 614 g/mol. The molecular formula is C34H35N3O4S2. The highest BCUT2D eigenvalue weighted by molar-refractivity contribution is 8.17. The molecule has 3 aromatic rings. The number of nitrogens with one attached hydrogen (secondary N) is 2. The number of hydrogen-bond acceptors (Lipinski definition) is 6. The van der Waals surface area contributed by atoms with E-state index >= 15 is 0 Å². The number of ether oxygens (including phenoxy) is 1. The van der Waals surface area contributed by atoms with Crippen LogP contribution in [-0.2, 0) is 20.1 Å². The van der Waals surface area contributed by atoms with E-state index in [0.29, 0.717) is 11.5 Å². The van der Waals surface area contributed by atoms with E-state index in [2.05, 4.69) is 28.8 Å². The van der Waals surface area contributed by atoms with Crippen LogP contribution in [0.25, 0.3) is 11.1 Å². The Morgan fingerprint density at radius 3 is 2.16 bits per heavy atom. The van der Waals surface area contributed by atoms with Crippen LogP contribution < -0.4 is 10.6 Å². The number of nitriles is 1. The number of nitrogens with zero attached hydrogens (tertiary/aromatic N) is 1. The van der Waals surface area contributed by atoms with Crippen LogP contribution in [-0.4, -0.2) is 58.6 Å². The number of benzene rings is 3. The van der Waals surface area contributed by atoms with Gasteiger partial charge in [-0.3, -0.25) is 9.59 Å². The summed E-state index contributed by atoms with van der Waals surface area (Å²) in [7, 11) is -0.372. The lowest BCUT2D eigenvalue weighted by Crippen LogP contribution is -2.52. The van der Waals surface area contributed by atoms with Gasteiger partial charge in [-0.25, -0.2) is 4.79 Å². The predicted molar refractivity (Wildman–Crippen MR) is 174 cm³/mol.